The van der Waals surface area contributed by atoms with Gasteiger partial charge in [0.2, 0.25) is 0 Å². The molecule has 16 heavy (non-hydrogen) atoms. The maximum Gasteiger partial charge on any atom is 0.169 e. The van der Waals surface area contributed by atoms with E-state index in [0.29, 0.717) is 6.04 Å². The second-order valence-corrected chi connectivity index (χ2v) is 4.50. The summed E-state index contributed by atoms with van der Waals surface area (Å²) in [4.78, 5) is 0. The maximum absolute atomic E-state index is 5.42. The number of furan rings is 1. The molecule has 1 N–H and O–H groups in total. The van der Waals surface area contributed by atoms with Gasteiger partial charge in [0.25, 0.3) is 0 Å². The molecule has 0 unspecified atom stereocenters. The highest BCUT2D eigenvalue weighted by molar-refractivity contribution is 9.10. The average molecular weight is 280 g/mol. The molecule has 1 aromatic heterocycles. The monoisotopic (exact) mass is 279 g/mol. The van der Waals surface area contributed by atoms with E-state index in [2.05, 4.69) is 52.4 Å². The minimum absolute atomic E-state index is 0.324. The first kappa shape index (κ1) is 11.4. The largest absolute Gasteiger partial charge is 0.453 e. The molecule has 0 spiro atoms. The summed E-state index contributed by atoms with van der Waals surface area (Å²) in [6.45, 7) is 2.88. The Bertz CT molecular complexity index is 438. The molecular weight excluding hydrogens is 266 g/mol. The average Bonchev–Trinajstić information content (AvgIpc) is 2.73. The van der Waals surface area contributed by atoms with Gasteiger partial charge in [-0.3, -0.25) is 0 Å². The van der Waals surface area contributed by atoms with Gasteiger partial charge in [-0.25, -0.2) is 0 Å². The molecule has 84 valence electrons. The summed E-state index contributed by atoms with van der Waals surface area (Å²) in [5.74, 6) is 0.939. The first-order valence-electron chi connectivity index (χ1n) is 5.28. The Labute approximate surface area is 104 Å². The van der Waals surface area contributed by atoms with Gasteiger partial charge in [-0.2, -0.15) is 0 Å². The summed E-state index contributed by atoms with van der Waals surface area (Å²) in [5.41, 5.74) is 1.29. The lowest BCUT2D eigenvalue weighted by molar-refractivity contribution is 0.447. The zero-order chi connectivity index (χ0) is 11.4. The van der Waals surface area contributed by atoms with Gasteiger partial charge in [-0.15, -0.1) is 0 Å². The highest BCUT2D eigenvalue weighted by Crippen LogP contribution is 2.16. The van der Waals surface area contributed by atoms with Gasteiger partial charge >= 0.3 is 0 Å². The van der Waals surface area contributed by atoms with E-state index in [0.717, 1.165) is 17.0 Å². The van der Waals surface area contributed by atoms with Gasteiger partial charge in [-0.1, -0.05) is 30.3 Å². The van der Waals surface area contributed by atoms with Crippen LogP contribution in [0.15, 0.2) is 51.6 Å². The molecule has 1 heterocycles. The van der Waals surface area contributed by atoms with Crippen molar-refractivity contribution in [1.82, 2.24) is 5.32 Å². The Morgan fingerprint density at radius 3 is 2.56 bits per heavy atom. The van der Waals surface area contributed by atoms with Crippen LogP contribution in [0, 0.1) is 0 Å². The van der Waals surface area contributed by atoms with Crippen LogP contribution in [-0.4, -0.2) is 0 Å². The van der Waals surface area contributed by atoms with Crippen LogP contribution in [0.5, 0.6) is 0 Å². The van der Waals surface area contributed by atoms with Gasteiger partial charge < -0.3 is 9.73 Å². The summed E-state index contributed by atoms with van der Waals surface area (Å²) in [7, 11) is 0. The Morgan fingerprint density at radius 2 is 1.94 bits per heavy atom. The standard InChI is InChI=1S/C13H14BrNO/c1-10(11-5-3-2-4-6-11)15-9-12-7-8-13(14)16-12/h2-8,10,15H,9H2,1H3/t10-/m0/s1. The normalized spacial score (nSPS) is 12.6. The highest BCUT2D eigenvalue weighted by Gasteiger charge is 2.05. The Morgan fingerprint density at radius 1 is 1.19 bits per heavy atom. The zero-order valence-electron chi connectivity index (χ0n) is 9.11. The van der Waals surface area contributed by atoms with Crippen molar-refractivity contribution in [1.29, 1.82) is 0 Å². The van der Waals surface area contributed by atoms with E-state index in [1.54, 1.807) is 0 Å². The SMILES string of the molecule is C[C@H](NCc1ccc(Br)o1)c1ccccc1. The molecule has 0 aliphatic rings. The second kappa shape index (κ2) is 5.32. The van der Waals surface area contributed by atoms with Crippen LogP contribution < -0.4 is 5.32 Å². The van der Waals surface area contributed by atoms with Crippen molar-refractivity contribution in [3.63, 3.8) is 0 Å². The Balaban J connectivity index is 1.91. The third-order valence-electron chi connectivity index (χ3n) is 2.51. The third kappa shape index (κ3) is 2.97. The molecule has 2 rings (SSSR count). The fraction of sp³-hybridized carbons (Fsp3) is 0.231. The molecule has 0 saturated heterocycles. The molecule has 0 fully saturated rings. The molecular formula is C13H14BrNO. The summed E-state index contributed by atoms with van der Waals surface area (Å²) in [5, 5.41) is 3.41. The molecule has 2 nitrogen and oxygen atoms in total. The number of benzene rings is 1. The van der Waals surface area contributed by atoms with E-state index in [-0.39, 0.29) is 0 Å². The predicted octanol–water partition coefficient (Wildman–Crippen LogP) is 3.89. The van der Waals surface area contributed by atoms with Crippen LogP contribution in [0.3, 0.4) is 0 Å². The number of rotatable bonds is 4. The fourth-order valence-electron chi connectivity index (χ4n) is 1.56. The lowest BCUT2D eigenvalue weighted by Crippen LogP contribution is -2.17. The molecule has 0 aliphatic heterocycles. The highest BCUT2D eigenvalue weighted by atomic mass is 79.9. The summed E-state index contributed by atoms with van der Waals surface area (Å²) in [6, 6.07) is 14.6. The second-order valence-electron chi connectivity index (χ2n) is 3.72. The van der Waals surface area contributed by atoms with E-state index in [1.165, 1.54) is 5.56 Å². The van der Waals surface area contributed by atoms with Crippen molar-refractivity contribution >= 4 is 15.9 Å². The molecule has 0 amide bonds. The van der Waals surface area contributed by atoms with E-state index in [1.807, 2.05) is 18.2 Å². The number of halogens is 1. The smallest absolute Gasteiger partial charge is 0.169 e. The third-order valence-corrected chi connectivity index (χ3v) is 2.94. The number of nitrogens with one attached hydrogen (secondary N) is 1. The minimum atomic E-state index is 0.324. The lowest BCUT2D eigenvalue weighted by atomic mass is 10.1. The van der Waals surface area contributed by atoms with Crippen LogP contribution in [0.1, 0.15) is 24.3 Å². The molecule has 0 aliphatic carbocycles. The Hall–Kier alpha value is -1.06. The summed E-state index contributed by atoms with van der Waals surface area (Å²) < 4.78 is 6.20. The van der Waals surface area contributed by atoms with Crippen molar-refractivity contribution in [2.75, 3.05) is 0 Å². The van der Waals surface area contributed by atoms with Crippen molar-refractivity contribution in [3.8, 4) is 0 Å². The summed E-state index contributed by atoms with van der Waals surface area (Å²) >= 11 is 3.29. The van der Waals surface area contributed by atoms with Gasteiger partial charge in [0.1, 0.15) is 5.76 Å². The van der Waals surface area contributed by atoms with Crippen molar-refractivity contribution < 1.29 is 4.42 Å². The fourth-order valence-corrected chi connectivity index (χ4v) is 1.90. The van der Waals surface area contributed by atoms with Gasteiger partial charge in [-0.05, 0) is 40.5 Å². The molecule has 1 aromatic carbocycles. The van der Waals surface area contributed by atoms with Gasteiger partial charge in [0.05, 0.1) is 6.54 Å². The van der Waals surface area contributed by atoms with Crippen LogP contribution in [0.2, 0.25) is 0 Å². The first-order valence-corrected chi connectivity index (χ1v) is 6.07. The molecule has 1 atom stereocenters. The lowest BCUT2D eigenvalue weighted by Gasteiger charge is -2.12. The van der Waals surface area contributed by atoms with Crippen LogP contribution in [-0.2, 0) is 6.54 Å². The summed E-state index contributed by atoms with van der Waals surface area (Å²) in [6.07, 6.45) is 0. The first-order chi connectivity index (χ1) is 7.75. The van der Waals surface area contributed by atoms with Crippen molar-refractivity contribution in [2.45, 2.75) is 19.5 Å². The van der Waals surface area contributed by atoms with Crippen molar-refractivity contribution in [2.24, 2.45) is 0 Å². The van der Waals surface area contributed by atoms with Crippen LogP contribution in [0.4, 0.5) is 0 Å². The number of hydrogen-bond donors (Lipinski definition) is 1. The van der Waals surface area contributed by atoms with E-state index < -0.39 is 0 Å². The topological polar surface area (TPSA) is 25.2 Å². The quantitative estimate of drug-likeness (QED) is 0.919. The molecule has 0 bridgehead atoms. The van der Waals surface area contributed by atoms with Crippen LogP contribution >= 0.6 is 15.9 Å². The number of hydrogen-bond acceptors (Lipinski definition) is 2. The Kier molecular flexibility index (Phi) is 3.80. The van der Waals surface area contributed by atoms with Gasteiger partial charge in [0, 0.05) is 6.04 Å². The maximum atomic E-state index is 5.42. The minimum Gasteiger partial charge on any atom is -0.453 e. The van der Waals surface area contributed by atoms with Crippen LogP contribution in [0.25, 0.3) is 0 Å². The molecule has 3 heteroatoms. The zero-order valence-corrected chi connectivity index (χ0v) is 10.7. The van der Waals surface area contributed by atoms with E-state index in [4.69, 9.17) is 4.42 Å². The predicted molar refractivity (Wildman–Crippen MR) is 68.1 cm³/mol. The van der Waals surface area contributed by atoms with Gasteiger partial charge in [0.15, 0.2) is 4.67 Å². The van der Waals surface area contributed by atoms with E-state index in [9.17, 15) is 0 Å². The van der Waals surface area contributed by atoms with Crippen molar-refractivity contribution in [3.05, 3.63) is 58.5 Å². The molecule has 0 saturated carbocycles. The molecule has 0 radical (unpaired) electrons. The van der Waals surface area contributed by atoms with E-state index >= 15 is 0 Å². The molecule has 2 aromatic rings.